The average molecular weight is 304 g/mol. The number of halogens is 1. The van der Waals surface area contributed by atoms with Gasteiger partial charge >= 0.3 is 5.97 Å². The summed E-state index contributed by atoms with van der Waals surface area (Å²) in [5.74, 6) is -0.473. The van der Waals surface area contributed by atoms with Gasteiger partial charge in [-0.3, -0.25) is 0 Å². The zero-order valence-electron chi connectivity index (χ0n) is 9.69. The molecule has 0 atom stereocenters. The van der Waals surface area contributed by atoms with Crippen molar-refractivity contribution >= 4 is 45.4 Å². The minimum Gasteiger partial charge on any atom is -0.465 e. The Morgan fingerprint density at radius 3 is 3.00 bits per heavy atom. The highest BCUT2D eigenvalue weighted by atomic mass is 35.5. The van der Waals surface area contributed by atoms with Crippen LogP contribution in [-0.4, -0.2) is 23.0 Å². The van der Waals surface area contributed by atoms with Gasteiger partial charge in [-0.25, -0.2) is 14.8 Å². The van der Waals surface area contributed by atoms with Gasteiger partial charge in [0.05, 0.1) is 24.9 Å². The van der Waals surface area contributed by atoms with Gasteiger partial charge in [0.25, 0.3) is 0 Å². The van der Waals surface area contributed by atoms with E-state index in [1.54, 1.807) is 16.8 Å². The maximum atomic E-state index is 11.4. The van der Waals surface area contributed by atoms with Crippen molar-refractivity contribution in [1.82, 2.24) is 9.97 Å². The van der Waals surface area contributed by atoms with Gasteiger partial charge in [0, 0.05) is 4.88 Å². The third-order valence-electron chi connectivity index (χ3n) is 2.20. The van der Waals surface area contributed by atoms with E-state index in [9.17, 15) is 4.79 Å². The van der Waals surface area contributed by atoms with E-state index < -0.39 is 5.97 Å². The number of rotatable bonds is 4. The highest BCUT2D eigenvalue weighted by molar-refractivity contribution is 7.18. The van der Waals surface area contributed by atoms with Crippen molar-refractivity contribution in [3.8, 4) is 0 Å². The van der Waals surface area contributed by atoms with E-state index in [0.717, 1.165) is 10.6 Å². The molecule has 0 spiro atoms. The Bertz CT molecular complexity index is 567. The van der Waals surface area contributed by atoms with E-state index in [4.69, 9.17) is 11.6 Å². The summed E-state index contributed by atoms with van der Waals surface area (Å²) < 4.78 is 4.61. The molecule has 5 nitrogen and oxygen atoms in total. The van der Waals surface area contributed by atoms with E-state index in [1.165, 1.54) is 18.4 Å². The second-order valence-corrected chi connectivity index (χ2v) is 5.64. The quantitative estimate of drug-likeness (QED) is 0.880. The fourth-order valence-electron chi connectivity index (χ4n) is 1.25. The van der Waals surface area contributed by atoms with Crippen molar-refractivity contribution in [2.45, 2.75) is 13.5 Å². The summed E-state index contributed by atoms with van der Waals surface area (Å²) in [6, 6.07) is 0. The summed E-state index contributed by atoms with van der Waals surface area (Å²) in [5.41, 5.74) is 2.78. The Labute approximate surface area is 117 Å². The predicted octanol–water partition coefficient (Wildman–Crippen LogP) is 2.96. The molecule has 0 bridgehead atoms. The highest BCUT2D eigenvalue weighted by Gasteiger charge is 2.17. The van der Waals surface area contributed by atoms with Crippen LogP contribution in [0.25, 0.3) is 0 Å². The Hall–Kier alpha value is -1.18. The number of hydrogen-bond donors (Lipinski definition) is 1. The van der Waals surface area contributed by atoms with Crippen molar-refractivity contribution in [1.29, 1.82) is 0 Å². The summed E-state index contributed by atoms with van der Waals surface area (Å²) in [6.07, 6.45) is 0. The van der Waals surface area contributed by atoms with Gasteiger partial charge in [-0.15, -0.1) is 11.3 Å². The third-order valence-corrected chi connectivity index (χ3v) is 4.52. The Morgan fingerprint density at radius 2 is 2.39 bits per heavy atom. The lowest BCUT2D eigenvalue weighted by molar-refractivity contribution is 0.0606. The maximum absolute atomic E-state index is 11.4. The maximum Gasteiger partial charge on any atom is 0.351 e. The molecule has 2 rings (SSSR count). The number of nitrogens with zero attached hydrogens (tertiary/aromatic N) is 2. The highest BCUT2D eigenvalue weighted by Crippen LogP contribution is 2.28. The van der Waals surface area contributed by atoms with Gasteiger partial charge in [0.15, 0.2) is 15.2 Å². The molecule has 0 aromatic carbocycles. The second kappa shape index (κ2) is 5.64. The van der Waals surface area contributed by atoms with Gasteiger partial charge in [-0.1, -0.05) is 22.9 Å². The van der Waals surface area contributed by atoms with E-state index in [2.05, 4.69) is 20.0 Å². The van der Waals surface area contributed by atoms with Gasteiger partial charge in [0.1, 0.15) is 0 Å². The first kappa shape index (κ1) is 13.3. The number of carbonyl (C=O) groups excluding carboxylic acids is 1. The third kappa shape index (κ3) is 2.80. The molecule has 18 heavy (non-hydrogen) atoms. The van der Waals surface area contributed by atoms with Crippen molar-refractivity contribution in [3.05, 3.63) is 26.1 Å². The van der Waals surface area contributed by atoms with Crippen LogP contribution in [0.1, 0.15) is 20.2 Å². The van der Waals surface area contributed by atoms with Gasteiger partial charge < -0.3 is 10.1 Å². The Morgan fingerprint density at radius 1 is 1.61 bits per heavy atom. The molecule has 2 aromatic rings. The number of hydrogen-bond acceptors (Lipinski definition) is 7. The smallest absolute Gasteiger partial charge is 0.351 e. The van der Waals surface area contributed by atoms with Crippen LogP contribution in [0.3, 0.4) is 0 Å². The Kier molecular flexibility index (Phi) is 4.15. The van der Waals surface area contributed by atoms with Crippen LogP contribution >= 0.6 is 34.3 Å². The molecule has 2 heterocycles. The normalized spacial score (nSPS) is 10.4. The fraction of sp³-hybridized carbons (Fsp3) is 0.300. The lowest BCUT2D eigenvalue weighted by Gasteiger charge is -1.99. The van der Waals surface area contributed by atoms with Crippen LogP contribution in [0, 0.1) is 6.92 Å². The topological polar surface area (TPSA) is 64.1 Å². The first-order valence-corrected chi connectivity index (χ1v) is 7.06. The molecule has 0 saturated heterocycles. The monoisotopic (exact) mass is 303 g/mol. The molecule has 0 unspecified atom stereocenters. The van der Waals surface area contributed by atoms with E-state index in [0.29, 0.717) is 16.6 Å². The minimum atomic E-state index is -0.473. The molecular formula is C10H10ClN3O2S2. The SMILES string of the molecule is COC(=O)c1sc(NCc2scnc2C)nc1Cl. The number of ether oxygens (including phenoxy) is 1. The average Bonchev–Trinajstić information content (AvgIpc) is 2.92. The van der Waals surface area contributed by atoms with Crippen LogP contribution < -0.4 is 5.32 Å². The number of aryl methyl sites for hydroxylation is 1. The number of aromatic nitrogens is 2. The number of methoxy groups -OCH3 is 1. The molecule has 8 heteroatoms. The van der Waals surface area contributed by atoms with Gasteiger partial charge in [-0.2, -0.15) is 0 Å². The van der Waals surface area contributed by atoms with E-state index in [-0.39, 0.29) is 5.15 Å². The molecule has 0 aliphatic rings. The summed E-state index contributed by atoms with van der Waals surface area (Å²) in [5, 5.41) is 3.87. The molecule has 2 aromatic heterocycles. The zero-order valence-corrected chi connectivity index (χ0v) is 12.1. The van der Waals surface area contributed by atoms with Crippen LogP contribution in [0.4, 0.5) is 5.13 Å². The lowest BCUT2D eigenvalue weighted by Crippen LogP contribution is -1.98. The number of anilines is 1. The van der Waals surface area contributed by atoms with Crippen LogP contribution in [-0.2, 0) is 11.3 Å². The minimum absolute atomic E-state index is 0.162. The molecule has 0 amide bonds. The first-order valence-electron chi connectivity index (χ1n) is 4.99. The molecule has 1 N–H and O–H groups in total. The van der Waals surface area contributed by atoms with Gasteiger partial charge in [0.2, 0.25) is 0 Å². The zero-order chi connectivity index (χ0) is 13.1. The van der Waals surface area contributed by atoms with Crippen molar-refractivity contribution in [2.75, 3.05) is 12.4 Å². The lowest BCUT2D eigenvalue weighted by atomic mass is 10.4. The summed E-state index contributed by atoms with van der Waals surface area (Å²) in [4.78, 5) is 21.0. The fourth-order valence-corrected chi connectivity index (χ4v) is 3.06. The largest absolute Gasteiger partial charge is 0.465 e. The first-order chi connectivity index (χ1) is 8.61. The summed E-state index contributed by atoms with van der Waals surface area (Å²) in [6.45, 7) is 2.56. The molecule has 0 aliphatic heterocycles. The second-order valence-electron chi connectivity index (χ2n) is 3.35. The van der Waals surface area contributed by atoms with Crippen LogP contribution in [0.5, 0.6) is 0 Å². The predicted molar refractivity (Wildman–Crippen MR) is 72.6 cm³/mol. The van der Waals surface area contributed by atoms with Gasteiger partial charge in [-0.05, 0) is 6.92 Å². The molecular weight excluding hydrogens is 294 g/mol. The molecule has 0 aliphatic carbocycles. The molecule has 0 fully saturated rings. The van der Waals surface area contributed by atoms with Crippen LogP contribution in [0.2, 0.25) is 5.15 Å². The van der Waals surface area contributed by atoms with E-state index >= 15 is 0 Å². The van der Waals surface area contributed by atoms with Crippen molar-refractivity contribution in [2.24, 2.45) is 0 Å². The number of esters is 1. The molecule has 0 radical (unpaired) electrons. The van der Waals surface area contributed by atoms with Crippen molar-refractivity contribution < 1.29 is 9.53 Å². The number of nitrogens with one attached hydrogen (secondary N) is 1. The van der Waals surface area contributed by atoms with E-state index in [1.807, 2.05) is 6.92 Å². The number of thiazole rings is 2. The molecule has 96 valence electrons. The molecule has 0 saturated carbocycles. The summed E-state index contributed by atoms with van der Waals surface area (Å²) >= 11 is 8.60. The van der Waals surface area contributed by atoms with Crippen LogP contribution in [0.15, 0.2) is 5.51 Å². The Balaban J connectivity index is 2.07. The standard InChI is InChI=1S/C10H10ClN3O2S2/c1-5-6(17-4-13-5)3-12-10-14-8(11)7(18-10)9(15)16-2/h4H,3H2,1-2H3,(H,12,14). The number of carbonyl (C=O) groups is 1. The van der Waals surface area contributed by atoms with Crippen molar-refractivity contribution in [3.63, 3.8) is 0 Å². The summed E-state index contributed by atoms with van der Waals surface area (Å²) in [7, 11) is 1.31.